The van der Waals surface area contributed by atoms with Crippen LogP contribution in [0.15, 0.2) is 0 Å². The fourth-order valence-corrected chi connectivity index (χ4v) is 1.32. The van der Waals surface area contributed by atoms with E-state index in [1.807, 2.05) is 0 Å². The lowest BCUT2D eigenvalue weighted by atomic mass is 10.1. The molecule has 0 radical (unpaired) electrons. The van der Waals surface area contributed by atoms with Crippen molar-refractivity contribution >= 4 is 22.6 Å². The topological polar surface area (TPSA) is 21.8 Å². The molecule has 0 saturated carbocycles. The quantitative estimate of drug-likeness (QED) is 0.434. The van der Waals surface area contributed by atoms with Crippen LogP contribution in [0.1, 0.15) is 20.3 Å². The fraction of sp³-hybridized carbons (Fsp3) is 1.00. The Morgan fingerprint density at radius 3 is 2.73 bits per heavy atom. The number of hydrogen-bond acceptors (Lipinski definition) is 2. The van der Waals surface area contributed by atoms with Crippen molar-refractivity contribution in [2.45, 2.75) is 30.5 Å². The van der Waals surface area contributed by atoms with Gasteiger partial charge in [0.05, 0.1) is 6.61 Å². The Bertz CT molecular complexity index is 115. The third-order valence-electron chi connectivity index (χ3n) is 1.90. The van der Waals surface area contributed by atoms with Gasteiger partial charge in [0.2, 0.25) is 0 Å². The number of ether oxygens (including phenoxy) is 2. The smallest absolute Gasteiger partial charge is 0.137 e. The van der Waals surface area contributed by atoms with Gasteiger partial charge in [0.15, 0.2) is 0 Å². The molecule has 1 saturated heterocycles. The van der Waals surface area contributed by atoms with Crippen LogP contribution in [0, 0.1) is 5.92 Å². The first kappa shape index (κ1) is 9.74. The van der Waals surface area contributed by atoms with E-state index in [4.69, 9.17) is 9.47 Å². The van der Waals surface area contributed by atoms with Crippen LogP contribution in [0.4, 0.5) is 0 Å². The highest BCUT2D eigenvalue weighted by molar-refractivity contribution is 14.1. The summed E-state index contributed by atoms with van der Waals surface area (Å²) in [6, 6.07) is 0. The molecule has 0 spiro atoms. The average molecular weight is 270 g/mol. The van der Waals surface area contributed by atoms with Crippen molar-refractivity contribution in [2.24, 2.45) is 5.92 Å². The van der Waals surface area contributed by atoms with Gasteiger partial charge in [0, 0.05) is 6.61 Å². The highest BCUT2D eigenvalue weighted by Crippen LogP contribution is 2.28. The summed E-state index contributed by atoms with van der Waals surface area (Å²) in [7, 11) is 0. The van der Waals surface area contributed by atoms with E-state index in [9.17, 15) is 0 Å². The molecule has 66 valence electrons. The largest absolute Gasteiger partial charge is 0.378 e. The molecule has 0 aliphatic carbocycles. The lowest BCUT2D eigenvalue weighted by Crippen LogP contribution is -2.09. The van der Waals surface area contributed by atoms with Crippen molar-refractivity contribution in [3.05, 3.63) is 0 Å². The predicted molar refractivity (Wildman–Crippen MR) is 53.0 cm³/mol. The minimum atomic E-state index is 0.375. The van der Waals surface area contributed by atoms with Gasteiger partial charge < -0.3 is 9.47 Å². The highest BCUT2D eigenvalue weighted by Gasteiger charge is 2.36. The monoisotopic (exact) mass is 270 g/mol. The van der Waals surface area contributed by atoms with Crippen LogP contribution in [0.3, 0.4) is 0 Å². The molecule has 1 heterocycles. The molecule has 3 heteroatoms. The van der Waals surface area contributed by atoms with E-state index < -0.39 is 0 Å². The number of halogens is 1. The first-order chi connectivity index (χ1) is 5.24. The van der Waals surface area contributed by atoms with E-state index in [1.54, 1.807) is 0 Å². The maximum absolute atomic E-state index is 5.45. The van der Waals surface area contributed by atoms with Gasteiger partial charge in [-0.05, 0) is 28.5 Å². The number of epoxide rings is 1. The second-order valence-electron chi connectivity index (χ2n) is 3.08. The van der Waals surface area contributed by atoms with Gasteiger partial charge in [-0.2, -0.15) is 0 Å². The molecule has 3 unspecified atom stereocenters. The van der Waals surface area contributed by atoms with Gasteiger partial charge in [-0.15, -0.1) is 0 Å². The summed E-state index contributed by atoms with van der Waals surface area (Å²) in [5.41, 5.74) is 0. The van der Waals surface area contributed by atoms with E-state index in [1.165, 1.54) is 6.42 Å². The number of alkyl halides is 1. The molecule has 1 rings (SSSR count). The van der Waals surface area contributed by atoms with Crippen molar-refractivity contribution in [1.29, 1.82) is 0 Å². The van der Waals surface area contributed by atoms with E-state index in [-0.39, 0.29) is 0 Å². The molecule has 3 atom stereocenters. The minimum absolute atomic E-state index is 0.375. The Kier molecular flexibility index (Phi) is 4.09. The Morgan fingerprint density at radius 1 is 1.64 bits per heavy atom. The van der Waals surface area contributed by atoms with Crippen LogP contribution in [0.25, 0.3) is 0 Å². The maximum atomic E-state index is 5.45. The molecular weight excluding hydrogens is 255 g/mol. The summed E-state index contributed by atoms with van der Waals surface area (Å²) in [5, 5.41) is 0. The standard InChI is InChI=1S/C8H15IO2/c1-3-6(2)4-10-5-7-8(9)11-7/h6-8H,3-5H2,1-2H3. The SMILES string of the molecule is CCC(C)COCC1OC1I. The molecule has 2 nitrogen and oxygen atoms in total. The zero-order chi connectivity index (χ0) is 8.27. The molecule has 1 fully saturated rings. The van der Waals surface area contributed by atoms with Crippen molar-refractivity contribution in [3.8, 4) is 0 Å². The molecule has 0 N–H and O–H groups in total. The van der Waals surface area contributed by atoms with Crippen LogP contribution in [0.2, 0.25) is 0 Å². The second-order valence-corrected chi connectivity index (χ2v) is 4.30. The Hall–Kier alpha value is 0.650. The van der Waals surface area contributed by atoms with Crippen LogP contribution < -0.4 is 0 Å². The summed E-state index contributed by atoms with van der Waals surface area (Å²) in [6.07, 6.45) is 1.57. The molecule has 11 heavy (non-hydrogen) atoms. The van der Waals surface area contributed by atoms with Gasteiger partial charge in [0.25, 0.3) is 0 Å². The lowest BCUT2D eigenvalue weighted by molar-refractivity contribution is 0.0897. The van der Waals surface area contributed by atoms with Crippen LogP contribution in [-0.2, 0) is 9.47 Å². The molecule has 0 amide bonds. The summed E-state index contributed by atoms with van der Waals surface area (Å²) < 4.78 is 11.1. The first-order valence-electron chi connectivity index (χ1n) is 4.11. The number of hydrogen-bond donors (Lipinski definition) is 0. The van der Waals surface area contributed by atoms with Crippen molar-refractivity contribution in [2.75, 3.05) is 13.2 Å². The lowest BCUT2D eigenvalue weighted by Gasteiger charge is -2.07. The van der Waals surface area contributed by atoms with E-state index >= 15 is 0 Å². The van der Waals surface area contributed by atoms with E-state index in [0.29, 0.717) is 16.1 Å². The highest BCUT2D eigenvalue weighted by atomic mass is 127. The summed E-state index contributed by atoms with van der Waals surface area (Å²) in [6.45, 7) is 6.04. The molecule has 0 aromatic rings. The Balaban J connectivity index is 1.88. The maximum Gasteiger partial charge on any atom is 0.137 e. The summed E-state index contributed by atoms with van der Waals surface area (Å²) >= 11 is 2.28. The van der Waals surface area contributed by atoms with Crippen molar-refractivity contribution in [3.63, 3.8) is 0 Å². The Labute approximate surface area is 81.8 Å². The molecule has 1 aliphatic heterocycles. The van der Waals surface area contributed by atoms with E-state index in [0.717, 1.165) is 13.2 Å². The third-order valence-corrected chi connectivity index (χ3v) is 3.00. The second kappa shape index (κ2) is 4.62. The zero-order valence-electron chi connectivity index (χ0n) is 7.05. The third kappa shape index (κ3) is 3.71. The minimum Gasteiger partial charge on any atom is -0.378 e. The molecule has 0 aromatic heterocycles. The van der Waals surface area contributed by atoms with Crippen LogP contribution in [0.5, 0.6) is 0 Å². The molecule has 0 bridgehead atoms. The first-order valence-corrected chi connectivity index (χ1v) is 5.36. The van der Waals surface area contributed by atoms with Gasteiger partial charge in [-0.25, -0.2) is 0 Å². The zero-order valence-corrected chi connectivity index (χ0v) is 9.21. The van der Waals surface area contributed by atoms with Gasteiger partial charge >= 0.3 is 0 Å². The van der Waals surface area contributed by atoms with Crippen LogP contribution >= 0.6 is 22.6 Å². The van der Waals surface area contributed by atoms with Gasteiger partial charge in [-0.1, -0.05) is 20.3 Å². The average Bonchev–Trinajstić information content (AvgIpc) is 2.66. The predicted octanol–water partition coefficient (Wildman–Crippen LogP) is 2.21. The number of rotatable bonds is 5. The summed E-state index contributed by atoms with van der Waals surface area (Å²) in [5.74, 6) is 0.682. The van der Waals surface area contributed by atoms with Gasteiger partial charge in [-0.3, -0.25) is 0 Å². The molecular formula is C8H15IO2. The van der Waals surface area contributed by atoms with Gasteiger partial charge in [0.1, 0.15) is 10.2 Å². The molecule has 0 aromatic carbocycles. The van der Waals surface area contributed by atoms with E-state index in [2.05, 4.69) is 36.4 Å². The van der Waals surface area contributed by atoms with Crippen molar-refractivity contribution < 1.29 is 9.47 Å². The molecule has 1 aliphatic rings. The van der Waals surface area contributed by atoms with Crippen LogP contribution in [-0.4, -0.2) is 23.4 Å². The Morgan fingerprint density at radius 2 is 2.27 bits per heavy atom. The normalized spacial score (nSPS) is 31.9. The fourth-order valence-electron chi connectivity index (χ4n) is 0.740. The summed E-state index contributed by atoms with van der Waals surface area (Å²) in [4.78, 5) is 0. The van der Waals surface area contributed by atoms with Crippen molar-refractivity contribution in [1.82, 2.24) is 0 Å².